The van der Waals surface area contributed by atoms with Crippen molar-refractivity contribution in [3.8, 4) is 11.1 Å². The summed E-state index contributed by atoms with van der Waals surface area (Å²) in [4.78, 5) is 13.3. The fourth-order valence-electron chi connectivity index (χ4n) is 3.52. The molecule has 0 amide bonds. The largest absolute Gasteiger partial charge is 0.359 e. The van der Waals surface area contributed by atoms with Gasteiger partial charge in [0.05, 0.1) is 5.69 Å². The Bertz CT molecular complexity index is 982. The lowest BCUT2D eigenvalue weighted by molar-refractivity contribution is 0.387. The molecule has 1 unspecified atom stereocenters. The van der Waals surface area contributed by atoms with Crippen molar-refractivity contribution in [2.24, 2.45) is 0 Å². The predicted molar refractivity (Wildman–Crippen MR) is 122 cm³/mol. The number of aromatic nitrogens is 3. The van der Waals surface area contributed by atoms with Crippen LogP contribution in [0.25, 0.3) is 11.1 Å². The molecule has 3 aromatic rings. The quantitative estimate of drug-likeness (QED) is 0.488. The second-order valence-electron chi connectivity index (χ2n) is 7.69. The van der Waals surface area contributed by atoms with Crippen LogP contribution in [0, 0.1) is 0 Å². The highest BCUT2D eigenvalue weighted by Gasteiger charge is 2.27. The maximum Gasteiger partial charge on any atom is 0.237 e. The first-order chi connectivity index (χ1) is 14.6. The van der Waals surface area contributed by atoms with E-state index >= 15 is 0 Å². The first kappa shape index (κ1) is 20.0. The molecule has 1 aliphatic rings. The van der Waals surface area contributed by atoms with Crippen molar-refractivity contribution in [2.75, 3.05) is 17.8 Å². The first-order valence-electron chi connectivity index (χ1n) is 10.4. The molecule has 6 heteroatoms. The van der Waals surface area contributed by atoms with Gasteiger partial charge in [-0.2, -0.15) is 0 Å². The van der Waals surface area contributed by atoms with Crippen molar-refractivity contribution in [3.05, 3.63) is 79.0 Å². The van der Waals surface area contributed by atoms with Gasteiger partial charge in [0.25, 0.3) is 0 Å². The molecule has 1 atom stereocenters. The number of hydrazine groups is 1. The van der Waals surface area contributed by atoms with Crippen LogP contribution in [0.3, 0.4) is 0 Å². The summed E-state index contributed by atoms with van der Waals surface area (Å²) >= 11 is 0. The normalized spacial score (nSPS) is 14.4. The van der Waals surface area contributed by atoms with Crippen LogP contribution in [0.15, 0.2) is 73.3 Å². The van der Waals surface area contributed by atoms with Gasteiger partial charge in [0.15, 0.2) is 0 Å². The number of pyridine rings is 1. The summed E-state index contributed by atoms with van der Waals surface area (Å²) in [5, 5.41) is 5.55. The van der Waals surface area contributed by atoms with Crippen molar-refractivity contribution in [3.63, 3.8) is 0 Å². The Kier molecular flexibility index (Phi) is 6.05. The molecule has 2 N–H and O–H groups in total. The Morgan fingerprint density at radius 1 is 1.13 bits per heavy atom. The second-order valence-corrected chi connectivity index (χ2v) is 7.69. The SMILES string of the molecule is C=C(Nc1ccc(-c2cccnc2)cc1)C(CC)c1ccnc(NN(C)C2CC2)n1. The lowest BCUT2D eigenvalue weighted by Crippen LogP contribution is -2.28. The molecule has 30 heavy (non-hydrogen) atoms. The van der Waals surface area contributed by atoms with E-state index in [0.717, 1.165) is 34.6 Å². The summed E-state index contributed by atoms with van der Waals surface area (Å²) in [7, 11) is 2.04. The highest BCUT2D eigenvalue weighted by molar-refractivity contribution is 5.65. The van der Waals surface area contributed by atoms with E-state index in [-0.39, 0.29) is 5.92 Å². The van der Waals surface area contributed by atoms with Crippen molar-refractivity contribution >= 4 is 11.6 Å². The molecule has 1 aliphatic carbocycles. The van der Waals surface area contributed by atoms with E-state index in [4.69, 9.17) is 4.98 Å². The molecule has 0 aliphatic heterocycles. The van der Waals surface area contributed by atoms with Crippen LogP contribution in [0.1, 0.15) is 37.8 Å². The maximum atomic E-state index is 4.74. The Morgan fingerprint density at radius 3 is 2.60 bits per heavy atom. The molecule has 1 aromatic carbocycles. The van der Waals surface area contributed by atoms with Crippen molar-refractivity contribution in [1.29, 1.82) is 0 Å². The van der Waals surface area contributed by atoms with Crippen molar-refractivity contribution < 1.29 is 0 Å². The molecule has 0 spiro atoms. The number of rotatable bonds is 9. The number of allylic oxidation sites excluding steroid dienone is 1. The number of nitrogens with zero attached hydrogens (tertiary/aromatic N) is 4. The molecule has 1 saturated carbocycles. The zero-order chi connectivity index (χ0) is 20.9. The first-order valence-corrected chi connectivity index (χ1v) is 10.4. The average Bonchev–Trinajstić information content (AvgIpc) is 3.61. The summed E-state index contributed by atoms with van der Waals surface area (Å²) in [6, 6.07) is 14.9. The van der Waals surface area contributed by atoms with Crippen LogP contribution in [0.4, 0.5) is 11.6 Å². The summed E-state index contributed by atoms with van der Waals surface area (Å²) in [6.45, 7) is 6.44. The van der Waals surface area contributed by atoms with Gasteiger partial charge in [0.1, 0.15) is 0 Å². The molecule has 0 bridgehead atoms. The summed E-state index contributed by atoms with van der Waals surface area (Å²) in [5.41, 5.74) is 8.42. The van der Waals surface area contributed by atoms with Crippen LogP contribution in [0.5, 0.6) is 0 Å². The van der Waals surface area contributed by atoms with Gasteiger partial charge in [-0.15, -0.1) is 0 Å². The highest BCUT2D eigenvalue weighted by atomic mass is 15.5. The van der Waals surface area contributed by atoms with Gasteiger partial charge in [0.2, 0.25) is 5.95 Å². The van der Waals surface area contributed by atoms with Crippen LogP contribution >= 0.6 is 0 Å². The fourth-order valence-corrected chi connectivity index (χ4v) is 3.52. The van der Waals surface area contributed by atoms with Crippen LogP contribution in [-0.2, 0) is 0 Å². The molecule has 0 saturated heterocycles. The van der Waals surface area contributed by atoms with Gasteiger partial charge in [-0.1, -0.05) is 31.7 Å². The Labute approximate surface area is 178 Å². The predicted octanol–water partition coefficient (Wildman–Crippen LogP) is 5.08. The second kappa shape index (κ2) is 9.05. The summed E-state index contributed by atoms with van der Waals surface area (Å²) in [6.07, 6.45) is 8.81. The Balaban J connectivity index is 1.44. The van der Waals surface area contributed by atoms with Crippen LogP contribution < -0.4 is 10.7 Å². The van der Waals surface area contributed by atoms with Gasteiger partial charge in [-0.25, -0.2) is 15.0 Å². The van der Waals surface area contributed by atoms with Gasteiger partial charge in [-0.05, 0) is 54.7 Å². The number of nitrogens with one attached hydrogen (secondary N) is 2. The summed E-state index contributed by atoms with van der Waals surface area (Å²) in [5.74, 6) is 0.728. The molecule has 154 valence electrons. The van der Waals surface area contributed by atoms with Crippen LogP contribution in [-0.4, -0.2) is 33.1 Å². The number of hydrogen-bond acceptors (Lipinski definition) is 6. The Hall–Kier alpha value is -3.25. The van der Waals surface area contributed by atoms with Gasteiger partial charge in [-0.3, -0.25) is 10.4 Å². The lowest BCUT2D eigenvalue weighted by atomic mass is 9.98. The molecular weight excluding hydrogens is 372 g/mol. The molecule has 1 fully saturated rings. The molecular formula is C24H28N6. The van der Waals surface area contributed by atoms with E-state index in [0.29, 0.717) is 12.0 Å². The zero-order valence-corrected chi connectivity index (χ0v) is 17.5. The monoisotopic (exact) mass is 400 g/mol. The van der Waals surface area contributed by atoms with E-state index in [1.165, 1.54) is 12.8 Å². The van der Waals surface area contributed by atoms with E-state index in [1.807, 2.05) is 31.6 Å². The molecule has 6 nitrogen and oxygen atoms in total. The van der Waals surface area contributed by atoms with E-state index in [9.17, 15) is 0 Å². The van der Waals surface area contributed by atoms with Gasteiger partial charge in [0, 0.05) is 49.0 Å². The number of hydrogen-bond donors (Lipinski definition) is 2. The highest BCUT2D eigenvalue weighted by Crippen LogP contribution is 2.29. The number of anilines is 2. The van der Waals surface area contributed by atoms with Crippen molar-refractivity contribution in [2.45, 2.75) is 38.1 Å². The van der Waals surface area contributed by atoms with E-state index in [1.54, 1.807) is 6.20 Å². The maximum absolute atomic E-state index is 4.74. The number of benzene rings is 1. The minimum atomic E-state index is 0.0952. The molecule has 2 aromatic heterocycles. The third kappa shape index (κ3) is 4.83. The smallest absolute Gasteiger partial charge is 0.237 e. The Morgan fingerprint density at radius 2 is 1.93 bits per heavy atom. The standard InChI is InChI=1S/C24H28N6/c1-4-22(23-13-15-26-24(28-23)29-30(3)21-11-12-21)17(2)27-20-9-7-18(8-10-20)19-6-5-14-25-16-19/h5-10,13-16,21-22,27H,2,4,11-12H2,1,3H3,(H,26,28,29). The van der Waals surface area contributed by atoms with Gasteiger partial charge < -0.3 is 5.32 Å². The van der Waals surface area contributed by atoms with Gasteiger partial charge >= 0.3 is 0 Å². The minimum absolute atomic E-state index is 0.0952. The van der Waals surface area contributed by atoms with E-state index < -0.39 is 0 Å². The lowest BCUT2D eigenvalue weighted by Gasteiger charge is -2.21. The average molecular weight is 401 g/mol. The van der Waals surface area contributed by atoms with Crippen molar-refractivity contribution in [1.82, 2.24) is 20.0 Å². The zero-order valence-electron chi connectivity index (χ0n) is 17.5. The third-order valence-electron chi connectivity index (χ3n) is 5.42. The summed E-state index contributed by atoms with van der Waals surface area (Å²) < 4.78 is 0. The molecule has 2 heterocycles. The minimum Gasteiger partial charge on any atom is -0.359 e. The van der Waals surface area contributed by atoms with Crippen LogP contribution in [0.2, 0.25) is 0 Å². The molecule has 4 rings (SSSR count). The third-order valence-corrected chi connectivity index (χ3v) is 5.42. The topological polar surface area (TPSA) is 66.0 Å². The fraction of sp³-hybridized carbons (Fsp3) is 0.292. The van der Waals surface area contributed by atoms with E-state index in [2.05, 4.69) is 69.6 Å². The molecule has 0 radical (unpaired) electrons.